The number of carboxylic acid groups (broad SMARTS) is 1. The molecule has 0 radical (unpaired) electrons. The molecule has 2 N–H and O–H groups in total. The molecule has 0 bridgehead atoms. The van der Waals surface area contributed by atoms with Gasteiger partial charge in [0.25, 0.3) is 0 Å². The first-order valence-electron chi connectivity index (χ1n) is 6.92. The monoisotopic (exact) mass is 284 g/mol. The van der Waals surface area contributed by atoms with E-state index in [-0.39, 0.29) is 6.04 Å². The van der Waals surface area contributed by atoms with Crippen molar-refractivity contribution in [2.24, 2.45) is 5.41 Å². The van der Waals surface area contributed by atoms with Crippen LogP contribution in [0.1, 0.15) is 31.0 Å². The third-order valence-electron chi connectivity index (χ3n) is 3.50. The van der Waals surface area contributed by atoms with Crippen molar-refractivity contribution in [2.45, 2.75) is 19.9 Å². The van der Waals surface area contributed by atoms with Gasteiger partial charge in [0, 0.05) is 18.9 Å². The van der Waals surface area contributed by atoms with Crippen LogP contribution in [0.4, 0.5) is 0 Å². The Hall–Kier alpha value is -2.20. The summed E-state index contributed by atoms with van der Waals surface area (Å²) in [6.07, 6.45) is 3.49. The maximum atomic E-state index is 11.3. The fourth-order valence-electron chi connectivity index (χ4n) is 2.06. The highest BCUT2D eigenvalue weighted by molar-refractivity contribution is 5.73. The van der Waals surface area contributed by atoms with Crippen molar-refractivity contribution >= 4 is 5.97 Å². The summed E-state index contributed by atoms with van der Waals surface area (Å²) in [6, 6.07) is 13.8. The molecule has 21 heavy (non-hydrogen) atoms. The molecule has 1 unspecified atom stereocenters. The zero-order chi connectivity index (χ0) is 15.3. The number of rotatable bonds is 6. The molecular formula is C17H20N2O2. The number of aliphatic carboxylic acids is 1. The molecule has 2 rings (SSSR count). The SMILES string of the molecule is CC(C)(CNC(c1ccccc1)c1ccncc1)C(=O)O. The molecule has 2 aromatic rings. The molecule has 1 heterocycles. The molecule has 110 valence electrons. The minimum Gasteiger partial charge on any atom is -0.481 e. The van der Waals surface area contributed by atoms with Gasteiger partial charge in [-0.2, -0.15) is 0 Å². The van der Waals surface area contributed by atoms with E-state index in [0.29, 0.717) is 6.54 Å². The van der Waals surface area contributed by atoms with Crippen molar-refractivity contribution in [1.29, 1.82) is 0 Å². The largest absolute Gasteiger partial charge is 0.481 e. The lowest BCUT2D eigenvalue weighted by Gasteiger charge is -2.25. The van der Waals surface area contributed by atoms with Crippen LogP contribution >= 0.6 is 0 Å². The summed E-state index contributed by atoms with van der Waals surface area (Å²) in [5.41, 5.74) is 1.35. The van der Waals surface area contributed by atoms with Gasteiger partial charge in [0.15, 0.2) is 0 Å². The summed E-state index contributed by atoms with van der Waals surface area (Å²) < 4.78 is 0. The van der Waals surface area contributed by atoms with E-state index in [1.807, 2.05) is 42.5 Å². The van der Waals surface area contributed by atoms with E-state index in [2.05, 4.69) is 10.3 Å². The topological polar surface area (TPSA) is 62.2 Å². The van der Waals surface area contributed by atoms with Crippen molar-refractivity contribution in [1.82, 2.24) is 10.3 Å². The van der Waals surface area contributed by atoms with Gasteiger partial charge < -0.3 is 10.4 Å². The Morgan fingerprint density at radius 1 is 1.14 bits per heavy atom. The van der Waals surface area contributed by atoms with E-state index in [1.54, 1.807) is 26.2 Å². The Morgan fingerprint density at radius 3 is 2.29 bits per heavy atom. The molecule has 4 nitrogen and oxygen atoms in total. The summed E-state index contributed by atoms with van der Waals surface area (Å²) >= 11 is 0. The van der Waals surface area contributed by atoms with E-state index in [1.165, 1.54) is 0 Å². The first kappa shape index (κ1) is 15.2. The third kappa shape index (κ3) is 3.89. The summed E-state index contributed by atoms with van der Waals surface area (Å²) in [7, 11) is 0. The van der Waals surface area contributed by atoms with E-state index in [0.717, 1.165) is 11.1 Å². The lowest BCUT2D eigenvalue weighted by molar-refractivity contribution is -0.146. The van der Waals surface area contributed by atoms with E-state index in [9.17, 15) is 9.90 Å². The minimum atomic E-state index is -0.819. The lowest BCUT2D eigenvalue weighted by atomic mass is 9.92. The Kier molecular flexibility index (Phi) is 4.70. The van der Waals surface area contributed by atoms with Crippen LogP contribution in [0.3, 0.4) is 0 Å². The second-order valence-corrected chi connectivity index (χ2v) is 5.69. The maximum Gasteiger partial charge on any atom is 0.310 e. The van der Waals surface area contributed by atoms with Gasteiger partial charge >= 0.3 is 5.97 Å². The predicted molar refractivity (Wildman–Crippen MR) is 81.9 cm³/mol. The summed E-state index contributed by atoms with van der Waals surface area (Å²) in [5.74, 6) is -0.809. The molecule has 1 aromatic carbocycles. The molecule has 0 aliphatic rings. The maximum absolute atomic E-state index is 11.3. The van der Waals surface area contributed by atoms with Crippen LogP contribution in [-0.2, 0) is 4.79 Å². The number of hydrogen-bond acceptors (Lipinski definition) is 3. The molecule has 1 aromatic heterocycles. The van der Waals surface area contributed by atoms with Gasteiger partial charge in [-0.3, -0.25) is 9.78 Å². The van der Waals surface area contributed by atoms with Crippen LogP contribution in [0.2, 0.25) is 0 Å². The summed E-state index contributed by atoms with van der Waals surface area (Å²) in [4.78, 5) is 15.3. The van der Waals surface area contributed by atoms with Crippen molar-refractivity contribution < 1.29 is 9.90 Å². The number of nitrogens with zero attached hydrogens (tertiary/aromatic N) is 1. The predicted octanol–water partition coefficient (Wildman–Crippen LogP) is 2.87. The Balaban J connectivity index is 2.24. The molecule has 0 aliphatic carbocycles. The molecule has 4 heteroatoms. The molecule has 0 amide bonds. The second kappa shape index (κ2) is 6.50. The Labute approximate surface area is 124 Å². The fraction of sp³-hybridized carbons (Fsp3) is 0.294. The molecular weight excluding hydrogens is 264 g/mol. The van der Waals surface area contributed by atoms with Crippen LogP contribution in [0, 0.1) is 5.41 Å². The fourth-order valence-corrected chi connectivity index (χ4v) is 2.06. The number of nitrogens with one attached hydrogen (secondary N) is 1. The van der Waals surface area contributed by atoms with Gasteiger partial charge in [0.05, 0.1) is 11.5 Å². The van der Waals surface area contributed by atoms with E-state index in [4.69, 9.17) is 0 Å². The van der Waals surface area contributed by atoms with Crippen molar-refractivity contribution in [2.75, 3.05) is 6.54 Å². The van der Waals surface area contributed by atoms with Crippen LogP contribution in [0.15, 0.2) is 54.9 Å². The first-order chi connectivity index (χ1) is 10.0. The summed E-state index contributed by atoms with van der Waals surface area (Å²) in [5, 5.41) is 12.6. The quantitative estimate of drug-likeness (QED) is 0.856. The minimum absolute atomic E-state index is 0.0483. The Bertz CT molecular complexity index is 543. The zero-order valence-corrected chi connectivity index (χ0v) is 12.3. The van der Waals surface area contributed by atoms with Gasteiger partial charge in [0.2, 0.25) is 0 Å². The lowest BCUT2D eigenvalue weighted by Crippen LogP contribution is -2.38. The van der Waals surface area contributed by atoms with Crippen molar-refractivity contribution in [3.05, 3.63) is 66.0 Å². The van der Waals surface area contributed by atoms with Gasteiger partial charge in [-0.15, -0.1) is 0 Å². The second-order valence-electron chi connectivity index (χ2n) is 5.69. The molecule has 0 aliphatic heterocycles. The van der Waals surface area contributed by atoms with Gasteiger partial charge in [-0.1, -0.05) is 30.3 Å². The molecule has 0 saturated carbocycles. The average molecular weight is 284 g/mol. The normalized spacial score (nSPS) is 12.9. The first-order valence-corrected chi connectivity index (χ1v) is 6.92. The van der Waals surface area contributed by atoms with Crippen LogP contribution < -0.4 is 5.32 Å². The molecule has 0 spiro atoms. The number of aromatic nitrogens is 1. The molecule has 1 atom stereocenters. The summed E-state index contributed by atoms with van der Waals surface area (Å²) in [6.45, 7) is 3.82. The van der Waals surface area contributed by atoms with Gasteiger partial charge in [0.1, 0.15) is 0 Å². The van der Waals surface area contributed by atoms with Crippen LogP contribution in [0.5, 0.6) is 0 Å². The van der Waals surface area contributed by atoms with Crippen LogP contribution in [0.25, 0.3) is 0 Å². The number of hydrogen-bond donors (Lipinski definition) is 2. The highest BCUT2D eigenvalue weighted by Crippen LogP contribution is 2.23. The average Bonchev–Trinajstić information content (AvgIpc) is 2.49. The molecule has 0 saturated heterocycles. The number of carboxylic acids is 1. The van der Waals surface area contributed by atoms with Gasteiger partial charge in [-0.25, -0.2) is 0 Å². The zero-order valence-electron chi connectivity index (χ0n) is 12.3. The van der Waals surface area contributed by atoms with Crippen molar-refractivity contribution in [3.8, 4) is 0 Å². The molecule has 0 fully saturated rings. The Morgan fingerprint density at radius 2 is 1.71 bits per heavy atom. The van der Waals surface area contributed by atoms with Gasteiger partial charge in [-0.05, 0) is 37.1 Å². The number of pyridine rings is 1. The smallest absolute Gasteiger partial charge is 0.310 e. The van der Waals surface area contributed by atoms with E-state index < -0.39 is 11.4 Å². The van der Waals surface area contributed by atoms with E-state index >= 15 is 0 Å². The highest BCUT2D eigenvalue weighted by atomic mass is 16.4. The number of carbonyl (C=O) groups is 1. The highest BCUT2D eigenvalue weighted by Gasteiger charge is 2.28. The third-order valence-corrected chi connectivity index (χ3v) is 3.50. The number of benzene rings is 1. The van der Waals surface area contributed by atoms with Crippen molar-refractivity contribution in [3.63, 3.8) is 0 Å². The van der Waals surface area contributed by atoms with Crippen LogP contribution in [-0.4, -0.2) is 22.6 Å². The standard InChI is InChI=1S/C17H20N2O2/c1-17(2,16(20)21)12-19-15(13-6-4-3-5-7-13)14-8-10-18-11-9-14/h3-11,15,19H,12H2,1-2H3,(H,20,21).